The molecule has 0 aliphatic rings. The number of benzene rings is 2. The molecule has 2 aromatic carbocycles. The van der Waals surface area contributed by atoms with E-state index in [1.807, 2.05) is 0 Å². The van der Waals surface area contributed by atoms with Gasteiger partial charge < -0.3 is 14.8 Å². The topological polar surface area (TPSA) is 64.6 Å². The number of amides is 1. The van der Waals surface area contributed by atoms with E-state index in [1.165, 1.54) is 44.4 Å². The first-order valence-corrected chi connectivity index (χ1v) is 7.87. The Labute approximate surface area is 153 Å². The van der Waals surface area contributed by atoms with Gasteiger partial charge in [-0.25, -0.2) is 9.18 Å². The second-order valence-corrected chi connectivity index (χ2v) is 5.92. The Balaban J connectivity index is 2.02. The van der Waals surface area contributed by atoms with Crippen LogP contribution >= 0.6 is 23.2 Å². The molecule has 1 N–H and O–H groups in total. The van der Waals surface area contributed by atoms with Crippen LogP contribution in [0.1, 0.15) is 17.3 Å². The van der Waals surface area contributed by atoms with Crippen LogP contribution in [0.2, 0.25) is 10.0 Å². The summed E-state index contributed by atoms with van der Waals surface area (Å²) >= 11 is 11.7. The van der Waals surface area contributed by atoms with Crippen LogP contribution in [0.15, 0.2) is 36.4 Å². The third-order valence-electron chi connectivity index (χ3n) is 3.17. The van der Waals surface area contributed by atoms with Crippen molar-refractivity contribution < 1.29 is 23.5 Å². The minimum absolute atomic E-state index is 0.000163. The van der Waals surface area contributed by atoms with Crippen molar-refractivity contribution >= 4 is 40.8 Å². The highest BCUT2D eigenvalue weighted by molar-refractivity contribution is 6.35. The van der Waals surface area contributed by atoms with Crippen LogP contribution in [0.25, 0.3) is 0 Å². The highest BCUT2D eigenvalue weighted by atomic mass is 35.5. The molecule has 2 aromatic rings. The molecule has 0 aliphatic carbocycles. The molecule has 0 saturated carbocycles. The first-order valence-electron chi connectivity index (χ1n) is 7.11. The molecule has 0 aromatic heterocycles. The molecular formula is C17H14Cl2FNO4. The van der Waals surface area contributed by atoms with Crippen molar-refractivity contribution in [3.63, 3.8) is 0 Å². The second kappa shape index (κ2) is 8.18. The summed E-state index contributed by atoms with van der Waals surface area (Å²) in [6, 6.07) is 8.12. The number of rotatable bonds is 5. The van der Waals surface area contributed by atoms with Gasteiger partial charge in [0.1, 0.15) is 0 Å². The Morgan fingerprint density at radius 2 is 1.76 bits per heavy atom. The van der Waals surface area contributed by atoms with Gasteiger partial charge in [-0.2, -0.15) is 0 Å². The molecule has 0 saturated heterocycles. The zero-order valence-corrected chi connectivity index (χ0v) is 14.8. The lowest BCUT2D eigenvalue weighted by atomic mass is 10.2. The van der Waals surface area contributed by atoms with Crippen LogP contribution in [0, 0.1) is 5.82 Å². The smallest absolute Gasteiger partial charge is 0.339 e. The van der Waals surface area contributed by atoms with Gasteiger partial charge in [0.2, 0.25) is 0 Å². The van der Waals surface area contributed by atoms with Crippen molar-refractivity contribution in [1.82, 2.24) is 0 Å². The van der Waals surface area contributed by atoms with Crippen LogP contribution in [0.4, 0.5) is 10.1 Å². The number of esters is 1. The molecule has 132 valence electrons. The third-order valence-corrected chi connectivity index (χ3v) is 3.61. The Morgan fingerprint density at radius 3 is 2.32 bits per heavy atom. The molecule has 0 unspecified atom stereocenters. The molecule has 0 spiro atoms. The molecule has 0 heterocycles. The van der Waals surface area contributed by atoms with Gasteiger partial charge in [0, 0.05) is 15.7 Å². The van der Waals surface area contributed by atoms with Crippen molar-refractivity contribution in [3.05, 3.63) is 57.8 Å². The molecule has 5 nitrogen and oxygen atoms in total. The number of anilines is 1. The number of methoxy groups -OCH3 is 1. The average Bonchev–Trinajstić information content (AvgIpc) is 2.53. The Kier molecular flexibility index (Phi) is 6.22. The molecule has 0 fully saturated rings. The fourth-order valence-corrected chi connectivity index (χ4v) is 2.47. The van der Waals surface area contributed by atoms with E-state index in [9.17, 15) is 14.0 Å². The van der Waals surface area contributed by atoms with Crippen molar-refractivity contribution in [2.75, 3.05) is 12.4 Å². The Bertz CT molecular complexity index is 793. The zero-order chi connectivity index (χ0) is 18.6. The maximum absolute atomic E-state index is 13.6. The summed E-state index contributed by atoms with van der Waals surface area (Å²) < 4.78 is 23.4. The molecule has 1 atom stereocenters. The van der Waals surface area contributed by atoms with Gasteiger partial charge in [0.25, 0.3) is 5.91 Å². The minimum atomic E-state index is -1.12. The van der Waals surface area contributed by atoms with Crippen LogP contribution < -0.4 is 10.1 Å². The van der Waals surface area contributed by atoms with Crippen LogP contribution in [0.3, 0.4) is 0 Å². The van der Waals surface area contributed by atoms with E-state index in [4.69, 9.17) is 32.7 Å². The van der Waals surface area contributed by atoms with Gasteiger partial charge >= 0.3 is 5.97 Å². The first-order chi connectivity index (χ1) is 11.8. The zero-order valence-electron chi connectivity index (χ0n) is 13.3. The monoisotopic (exact) mass is 385 g/mol. The Hall–Kier alpha value is -2.31. The number of hydrogen-bond acceptors (Lipinski definition) is 4. The quantitative estimate of drug-likeness (QED) is 0.778. The predicted octanol–water partition coefficient (Wildman–Crippen LogP) is 4.33. The largest absolute Gasteiger partial charge is 0.494 e. The summed E-state index contributed by atoms with van der Waals surface area (Å²) in [6.07, 6.45) is -1.12. The summed E-state index contributed by atoms with van der Waals surface area (Å²) in [5, 5.41) is 3.23. The summed E-state index contributed by atoms with van der Waals surface area (Å²) in [7, 11) is 1.31. The van der Waals surface area contributed by atoms with E-state index in [0.717, 1.165) is 6.07 Å². The SMILES string of the molecule is COc1ccc(C(=O)O[C@@H](C)C(=O)Nc2cc(Cl)cc(Cl)c2)cc1F. The molecule has 0 radical (unpaired) electrons. The highest BCUT2D eigenvalue weighted by Gasteiger charge is 2.20. The molecule has 0 bridgehead atoms. The standard InChI is InChI=1S/C17H14Cl2FNO4/c1-9(16(22)21-13-7-11(18)6-12(19)8-13)25-17(23)10-3-4-15(24-2)14(20)5-10/h3-9H,1-2H3,(H,21,22)/t9-/m0/s1. The predicted molar refractivity (Wildman–Crippen MR) is 92.9 cm³/mol. The number of halogens is 3. The third kappa shape index (κ3) is 5.08. The fourth-order valence-electron chi connectivity index (χ4n) is 1.95. The van der Waals surface area contributed by atoms with Crippen molar-refractivity contribution in [3.8, 4) is 5.75 Å². The minimum Gasteiger partial charge on any atom is -0.494 e. The summed E-state index contributed by atoms with van der Waals surface area (Å²) in [6.45, 7) is 1.39. The van der Waals surface area contributed by atoms with Crippen LogP contribution in [-0.4, -0.2) is 25.1 Å². The maximum atomic E-state index is 13.6. The first kappa shape index (κ1) is 19.0. The fraction of sp³-hybridized carbons (Fsp3) is 0.176. The van der Waals surface area contributed by atoms with E-state index in [-0.39, 0.29) is 11.3 Å². The van der Waals surface area contributed by atoms with E-state index in [2.05, 4.69) is 5.32 Å². The summed E-state index contributed by atoms with van der Waals surface area (Å²) in [4.78, 5) is 24.1. The number of ether oxygens (including phenoxy) is 2. The molecular weight excluding hydrogens is 372 g/mol. The summed E-state index contributed by atoms with van der Waals surface area (Å²) in [5.41, 5.74) is 0.324. The Morgan fingerprint density at radius 1 is 1.12 bits per heavy atom. The van der Waals surface area contributed by atoms with Gasteiger partial charge in [0.05, 0.1) is 12.7 Å². The van der Waals surface area contributed by atoms with Gasteiger partial charge in [-0.05, 0) is 43.3 Å². The van der Waals surface area contributed by atoms with Crippen molar-refractivity contribution in [2.24, 2.45) is 0 Å². The van der Waals surface area contributed by atoms with E-state index < -0.39 is 23.8 Å². The number of nitrogens with one attached hydrogen (secondary N) is 1. The molecule has 8 heteroatoms. The number of carbonyl (C=O) groups excluding carboxylic acids is 2. The number of carbonyl (C=O) groups is 2. The van der Waals surface area contributed by atoms with Crippen LogP contribution in [-0.2, 0) is 9.53 Å². The number of hydrogen-bond donors (Lipinski definition) is 1. The normalized spacial score (nSPS) is 11.6. The molecule has 1 amide bonds. The van der Waals surface area contributed by atoms with E-state index in [0.29, 0.717) is 15.7 Å². The maximum Gasteiger partial charge on any atom is 0.339 e. The lowest BCUT2D eigenvalue weighted by molar-refractivity contribution is -0.123. The van der Waals surface area contributed by atoms with Gasteiger partial charge in [-0.1, -0.05) is 23.2 Å². The molecule has 0 aliphatic heterocycles. The average molecular weight is 386 g/mol. The van der Waals surface area contributed by atoms with Gasteiger partial charge in [-0.15, -0.1) is 0 Å². The van der Waals surface area contributed by atoms with E-state index in [1.54, 1.807) is 0 Å². The van der Waals surface area contributed by atoms with E-state index >= 15 is 0 Å². The lowest BCUT2D eigenvalue weighted by Crippen LogP contribution is -2.30. The van der Waals surface area contributed by atoms with Gasteiger partial charge in [-0.3, -0.25) is 4.79 Å². The highest BCUT2D eigenvalue weighted by Crippen LogP contribution is 2.23. The second-order valence-electron chi connectivity index (χ2n) is 5.04. The van der Waals surface area contributed by atoms with Gasteiger partial charge in [0.15, 0.2) is 17.7 Å². The van der Waals surface area contributed by atoms with Crippen molar-refractivity contribution in [1.29, 1.82) is 0 Å². The molecule has 2 rings (SSSR count). The van der Waals surface area contributed by atoms with Crippen molar-refractivity contribution in [2.45, 2.75) is 13.0 Å². The van der Waals surface area contributed by atoms with Crippen LogP contribution in [0.5, 0.6) is 5.75 Å². The molecule has 25 heavy (non-hydrogen) atoms. The lowest BCUT2D eigenvalue weighted by Gasteiger charge is -2.14. The summed E-state index contributed by atoms with van der Waals surface area (Å²) in [5.74, 6) is -2.13.